The van der Waals surface area contributed by atoms with Gasteiger partial charge >= 0.3 is 0 Å². The summed E-state index contributed by atoms with van der Waals surface area (Å²) in [6.45, 7) is 5.48. The van der Waals surface area contributed by atoms with Crippen molar-refractivity contribution in [3.8, 4) is 0 Å². The van der Waals surface area contributed by atoms with Gasteiger partial charge in [-0.25, -0.2) is 0 Å². The number of ketones is 1. The van der Waals surface area contributed by atoms with Crippen LogP contribution in [0.3, 0.4) is 0 Å². The van der Waals surface area contributed by atoms with Crippen molar-refractivity contribution in [3.05, 3.63) is 29.8 Å². The molecule has 1 saturated heterocycles. The highest BCUT2D eigenvalue weighted by Crippen LogP contribution is 2.33. The van der Waals surface area contributed by atoms with Gasteiger partial charge in [0.05, 0.1) is 23.9 Å². The first-order valence-corrected chi connectivity index (χ1v) is 8.13. The number of nitrogens with zero attached hydrogens (tertiary/aromatic N) is 2. The minimum Gasteiger partial charge on any atom is -0.391 e. The van der Waals surface area contributed by atoms with Gasteiger partial charge in [-0.05, 0) is 12.1 Å². The summed E-state index contributed by atoms with van der Waals surface area (Å²) in [5, 5.41) is 9.90. The topological polar surface area (TPSA) is 77.9 Å². The zero-order chi connectivity index (χ0) is 17.6. The van der Waals surface area contributed by atoms with Gasteiger partial charge in [-0.15, -0.1) is 0 Å². The number of fused-ring (bicyclic) bond motifs is 2. The highest BCUT2D eigenvalue weighted by Gasteiger charge is 2.45. The number of para-hydroxylation sites is 1. The molecular formula is C18H22N2O4. The van der Waals surface area contributed by atoms with E-state index in [2.05, 4.69) is 0 Å². The maximum atomic E-state index is 13.0. The average Bonchev–Trinajstić information content (AvgIpc) is 2.89. The second-order valence-electron chi connectivity index (χ2n) is 7.48. The minimum atomic E-state index is -0.715. The first kappa shape index (κ1) is 16.6. The third kappa shape index (κ3) is 2.71. The highest BCUT2D eigenvalue weighted by atomic mass is 16.3. The predicted octanol–water partition coefficient (Wildman–Crippen LogP) is 1.22. The average molecular weight is 330 g/mol. The summed E-state index contributed by atoms with van der Waals surface area (Å²) < 4.78 is 0. The van der Waals surface area contributed by atoms with Crippen molar-refractivity contribution in [2.75, 3.05) is 18.0 Å². The van der Waals surface area contributed by atoms with Gasteiger partial charge in [0, 0.05) is 18.4 Å². The van der Waals surface area contributed by atoms with Crippen LogP contribution in [0.2, 0.25) is 0 Å². The van der Waals surface area contributed by atoms with E-state index < -0.39 is 17.6 Å². The fourth-order valence-electron chi connectivity index (χ4n) is 3.16. The zero-order valence-electron chi connectivity index (χ0n) is 14.2. The number of hydrogen-bond acceptors (Lipinski definition) is 4. The van der Waals surface area contributed by atoms with Gasteiger partial charge in [0.2, 0.25) is 5.91 Å². The van der Waals surface area contributed by atoms with Gasteiger partial charge in [-0.3, -0.25) is 14.4 Å². The molecule has 0 aliphatic carbocycles. The number of aliphatic hydroxyl groups is 1. The number of anilines is 1. The van der Waals surface area contributed by atoms with E-state index in [-0.39, 0.29) is 37.1 Å². The summed E-state index contributed by atoms with van der Waals surface area (Å²) in [5.41, 5.74) is 0.276. The Morgan fingerprint density at radius 1 is 1.25 bits per heavy atom. The Labute approximate surface area is 141 Å². The molecule has 0 bridgehead atoms. The van der Waals surface area contributed by atoms with Crippen LogP contribution in [0.25, 0.3) is 0 Å². The highest BCUT2D eigenvalue weighted by molar-refractivity contribution is 6.13. The van der Waals surface area contributed by atoms with Gasteiger partial charge in [0.15, 0.2) is 5.78 Å². The SMILES string of the molecule is CC(C)(C)C(=O)CN1C(=O)C2CC(O)CN2C(=O)c2ccccc21. The molecule has 1 fully saturated rings. The number of carbonyl (C=O) groups is 3. The summed E-state index contributed by atoms with van der Waals surface area (Å²) in [6, 6.07) is 6.12. The van der Waals surface area contributed by atoms with Crippen molar-refractivity contribution in [3.63, 3.8) is 0 Å². The van der Waals surface area contributed by atoms with Crippen LogP contribution >= 0.6 is 0 Å². The summed E-state index contributed by atoms with van der Waals surface area (Å²) in [5.74, 6) is -0.654. The minimum absolute atomic E-state index is 0.0763. The molecule has 0 saturated carbocycles. The molecular weight excluding hydrogens is 308 g/mol. The van der Waals surface area contributed by atoms with Crippen LogP contribution in [0.4, 0.5) is 5.69 Å². The molecule has 1 aromatic rings. The van der Waals surface area contributed by atoms with E-state index in [1.54, 1.807) is 45.0 Å². The van der Waals surface area contributed by atoms with Gasteiger partial charge in [-0.2, -0.15) is 0 Å². The number of carbonyl (C=O) groups excluding carboxylic acids is 3. The molecule has 24 heavy (non-hydrogen) atoms. The first-order chi connectivity index (χ1) is 11.2. The quantitative estimate of drug-likeness (QED) is 0.884. The molecule has 6 nitrogen and oxygen atoms in total. The van der Waals surface area contributed by atoms with E-state index in [0.717, 1.165) is 0 Å². The fraction of sp³-hybridized carbons (Fsp3) is 0.500. The van der Waals surface area contributed by atoms with E-state index >= 15 is 0 Å². The molecule has 0 spiro atoms. The summed E-state index contributed by atoms with van der Waals surface area (Å²) >= 11 is 0. The Bertz CT molecular complexity index is 707. The van der Waals surface area contributed by atoms with Gasteiger partial charge in [0.1, 0.15) is 6.04 Å². The molecule has 2 aliphatic heterocycles. The largest absolute Gasteiger partial charge is 0.391 e. The maximum Gasteiger partial charge on any atom is 0.256 e. The maximum absolute atomic E-state index is 13.0. The summed E-state index contributed by atoms with van der Waals surface area (Å²) in [4.78, 5) is 41.1. The molecule has 2 heterocycles. The standard InChI is InChI=1S/C18H22N2O4/c1-18(2,3)15(22)10-20-13-7-5-4-6-12(13)16(23)19-9-11(21)8-14(19)17(20)24/h4-7,11,14,21H,8-10H2,1-3H3. The van der Waals surface area contributed by atoms with Crippen LogP contribution < -0.4 is 4.90 Å². The van der Waals surface area contributed by atoms with Crippen LogP contribution in [-0.2, 0) is 9.59 Å². The number of Topliss-reactive ketones (excluding diaryl/α,β-unsaturated/α-hetero) is 1. The van der Waals surface area contributed by atoms with Gasteiger partial charge in [-0.1, -0.05) is 32.9 Å². The number of rotatable bonds is 2. The number of hydrogen-bond donors (Lipinski definition) is 1. The second kappa shape index (κ2) is 5.70. The molecule has 6 heteroatoms. The Hall–Kier alpha value is -2.21. The molecule has 0 aromatic heterocycles. The van der Waals surface area contributed by atoms with E-state index in [0.29, 0.717) is 11.3 Å². The second-order valence-corrected chi connectivity index (χ2v) is 7.48. The number of benzene rings is 1. The third-order valence-corrected chi connectivity index (χ3v) is 4.65. The molecule has 0 radical (unpaired) electrons. The van der Waals surface area contributed by atoms with E-state index in [1.807, 2.05) is 0 Å². The fourth-order valence-corrected chi connectivity index (χ4v) is 3.16. The van der Waals surface area contributed by atoms with Crippen molar-refractivity contribution in [1.29, 1.82) is 0 Å². The Morgan fingerprint density at radius 2 is 1.92 bits per heavy atom. The van der Waals surface area contributed by atoms with Crippen molar-refractivity contribution in [2.24, 2.45) is 5.41 Å². The lowest BCUT2D eigenvalue weighted by atomic mass is 9.90. The van der Waals surface area contributed by atoms with Crippen LogP contribution in [-0.4, -0.2) is 52.8 Å². The molecule has 2 atom stereocenters. The zero-order valence-corrected chi connectivity index (χ0v) is 14.2. The molecule has 2 amide bonds. The van der Waals surface area contributed by atoms with Crippen LogP contribution in [0.15, 0.2) is 24.3 Å². The summed E-state index contributed by atoms with van der Waals surface area (Å²) in [6.07, 6.45) is -0.507. The van der Waals surface area contributed by atoms with E-state index in [4.69, 9.17) is 0 Å². The Kier molecular flexibility index (Phi) is 3.95. The van der Waals surface area contributed by atoms with Crippen LogP contribution in [0.5, 0.6) is 0 Å². The van der Waals surface area contributed by atoms with Crippen molar-refractivity contribution in [1.82, 2.24) is 4.90 Å². The lowest BCUT2D eigenvalue weighted by Crippen LogP contribution is -2.47. The molecule has 2 aliphatic rings. The lowest BCUT2D eigenvalue weighted by molar-refractivity contribution is -0.128. The lowest BCUT2D eigenvalue weighted by Gasteiger charge is -2.28. The third-order valence-electron chi connectivity index (χ3n) is 4.65. The molecule has 1 N–H and O–H groups in total. The van der Waals surface area contributed by atoms with Crippen LogP contribution in [0.1, 0.15) is 37.6 Å². The van der Waals surface area contributed by atoms with Crippen molar-refractivity contribution in [2.45, 2.75) is 39.3 Å². The van der Waals surface area contributed by atoms with Crippen molar-refractivity contribution >= 4 is 23.3 Å². The smallest absolute Gasteiger partial charge is 0.256 e. The van der Waals surface area contributed by atoms with E-state index in [1.165, 1.54) is 9.80 Å². The van der Waals surface area contributed by atoms with Gasteiger partial charge in [0.25, 0.3) is 5.91 Å². The van der Waals surface area contributed by atoms with Crippen molar-refractivity contribution < 1.29 is 19.5 Å². The predicted molar refractivity (Wildman–Crippen MR) is 88.7 cm³/mol. The first-order valence-electron chi connectivity index (χ1n) is 8.13. The Balaban J connectivity index is 2.06. The molecule has 128 valence electrons. The van der Waals surface area contributed by atoms with Gasteiger partial charge < -0.3 is 14.9 Å². The Morgan fingerprint density at radius 3 is 2.58 bits per heavy atom. The number of aliphatic hydroxyl groups excluding tert-OH is 1. The molecule has 1 aromatic carbocycles. The number of amides is 2. The summed E-state index contributed by atoms with van der Waals surface area (Å²) in [7, 11) is 0. The molecule has 3 rings (SSSR count). The molecule has 2 unspecified atom stereocenters. The van der Waals surface area contributed by atoms with E-state index in [9.17, 15) is 19.5 Å². The monoisotopic (exact) mass is 330 g/mol. The van der Waals surface area contributed by atoms with Crippen LogP contribution in [0, 0.1) is 5.41 Å². The normalized spacial score (nSPS) is 23.8.